The Hall–Kier alpha value is -3.15. The summed E-state index contributed by atoms with van der Waals surface area (Å²) in [4.78, 5) is 27.8. The zero-order valence-electron chi connectivity index (χ0n) is 17.7. The minimum atomic E-state index is -0.168. The minimum Gasteiger partial charge on any atom is -0.497 e. The molecule has 0 aliphatic carbocycles. The number of ketones is 1. The molecule has 1 aliphatic rings. The lowest BCUT2D eigenvalue weighted by molar-refractivity contribution is -0.133. The summed E-state index contributed by atoms with van der Waals surface area (Å²) in [7, 11) is 1.64. The predicted molar refractivity (Wildman–Crippen MR) is 116 cm³/mol. The number of aromatic nitrogens is 2. The first-order valence-corrected chi connectivity index (χ1v) is 10.4. The number of aryl methyl sites for hydroxylation is 2. The summed E-state index contributed by atoms with van der Waals surface area (Å²) in [6.45, 7) is 5.25. The molecule has 4 rings (SSSR count). The van der Waals surface area contributed by atoms with Gasteiger partial charge in [-0.25, -0.2) is 0 Å². The van der Waals surface area contributed by atoms with Crippen molar-refractivity contribution in [2.45, 2.75) is 33.2 Å². The summed E-state index contributed by atoms with van der Waals surface area (Å²) in [5, 5.41) is 6.43. The predicted octanol–water partition coefficient (Wildman–Crippen LogP) is 3.78. The van der Waals surface area contributed by atoms with Crippen LogP contribution in [0.5, 0.6) is 5.75 Å². The van der Waals surface area contributed by atoms with Gasteiger partial charge < -0.3 is 9.64 Å². The molecule has 2 aromatic carbocycles. The van der Waals surface area contributed by atoms with Crippen LogP contribution in [-0.2, 0) is 11.3 Å². The third-order valence-corrected chi connectivity index (χ3v) is 5.87. The number of hydrogen-bond acceptors (Lipinski definition) is 4. The summed E-state index contributed by atoms with van der Waals surface area (Å²) in [6.07, 6.45) is 1.65. The van der Waals surface area contributed by atoms with E-state index in [0.717, 1.165) is 40.8 Å². The Labute approximate surface area is 176 Å². The third-order valence-electron chi connectivity index (χ3n) is 5.87. The molecule has 0 spiro atoms. The smallest absolute Gasteiger partial charge is 0.244 e. The Kier molecular flexibility index (Phi) is 5.57. The van der Waals surface area contributed by atoms with Crippen LogP contribution in [0.1, 0.15) is 34.6 Å². The summed E-state index contributed by atoms with van der Waals surface area (Å²) >= 11 is 0. The number of carbonyl (C=O) groups is 2. The summed E-state index contributed by atoms with van der Waals surface area (Å²) in [6, 6.07) is 13.6. The maximum Gasteiger partial charge on any atom is 0.244 e. The van der Waals surface area contributed by atoms with Crippen molar-refractivity contribution < 1.29 is 14.3 Å². The summed E-state index contributed by atoms with van der Waals surface area (Å²) < 4.78 is 7.01. The number of nitrogens with zero attached hydrogens (tertiary/aromatic N) is 3. The van der Waals surface area contributed by atoms with E-state index < -0.39 is 0 Å². The van der Waals surface area contributed by atoms with Gasteiger partial charge in [0.15, 0.2) is 5.78 Å². The van der Waals surface area contributed by atoms with E-state index in [9.17, 15) is 9.59 Å². The third kappa shape index (κ3) is 4.08. The highest BCUT2D eigenvalue weighted by Gasteiger charge is 2.29. The number of carbonyl (C=O) groups excluding carboxylic acids is 2. The Morgan fingerprint density at radius 1 is 1.10 bits per heavy atom. The Morgan fingerprint density at radius 2 is 1.87 bits per heavy atom. The standard InChI is InChI=1S/C24H27N3O3/c1-16-11-17(2)27(25-16)15-23(28)26-10-4-5-21(14-26)24(29)20-7-6-19-13-22(30-3)9-8-18(19)12-20/h6-9,11-13,21H,4-5,10,14-15H2,1-3H3. The average Bonchev–Trinajstić information content (AvgIpc) is 3.08. The fraction of sp³-hybridized carbons (Fsp3) is 0.375. The highest BCUT2D eigenvalue weighted by atomic mass is 16.5. The maximum atomic E-state index is 13.2. The monoisotopic (exact) mass is 405 g/mol. The number of likely N-dealkylation sites (tertiary alicyclic amines) is 1. The van der Waals surface area contributed by atoms with Crippen LogP contribution in [0.15, 0.2) is 42.5 Å². The molecule has 1 aliphatic heterocycles. The van der Waals surface area contributed by atoms with Gasteiger partial charge in [0.1, 0.15) is 12.3 Å². The molecular formula is C24H27N3O3. The number of piperidine rings is 1. The molecule has 1 amide bonds. The minimum absolute atomic E-state index is 0.0179. The SMILES string of the molecule is COc1ccc2cc(C(=O)C3CCCN(C(=O)Cn4nc(C)cc4C)C3)ccc2c1. The van der Waals surface area contributed by atoms with Crippen LogP contribution < -0.4 is 4.74 Å². The lowest BCUT2D eigenvalue weighted by Gasteiger charge is -2.32. The van der Waals surface area contributed by atoms with E-state index in [0.29, 0.717) is 18.7 Å². The van der Waals surface area contributed by atoms with Crippen LogP contribution in [-0.4, -0.2) is 46.6 Å². The van der Waals surface area contributed by atoms with Crippen molar-refractivity contribution in [3.8, 4) is 5.75 Å². The zero-order valence-corrected chi connectivity index (χ0v) is 17.7. The number of Topliss-reactive ketones (excluding diaryl/α,β-unsaturated/α-hetero) is 1. The molecule has 6 heteroatoms. The molecule has 1 unspecified atom stereocenters. The van der Waals surface area contributed by atoms with Crippen LogP contribution in [0, 0.1) is 19.8 Å². The molecule has 1 atom stereocenters. The van der Waals surface area contributed by atoms with Crippen molar-refractivity contribution in [1.29, 1.82) is 0 Å². The number of ether oxygens (including phenoxy) is 1. The van der Waals surface area contributed by atoms with Gasteiger partial charge in [0, 0.05) is 30.3 Å². The quantitative estimate of drug-likeness (QED) is 0.606. The first-order valence-electron chi connectivity index (χ1n) is 10.4. The van der Waals surface area contributed by atoms with E-state index in [2.05, 4.69) is 5.10 Å². The summed E-state index contributed by atoms with van der Waals surface area (Å²) in [5.74, 6) is 0.755. The molecule has 1 fully saturated rings. The number of methoxy groups -OCH3 is 1. The van der Waals surface area contributed by atoms with Crippen LogP contribution in [0.4, 0.5) is 0 Å². The normalized spacial score (nSPS) is 16.6. The molecule has 0 radical (unpaired) electrons. The largest absolute Gasteiger partial charge is 0.497 e. The van der Waals surface area contributed by atoms with Gasteiger partial charge in [-0.1, -0.05) is 18.2 Å². The Morgan fingerprint density at radius 3 is 2.60 bits per heavy atom. The lowest BCUT2D eigenvalue weighted by Crippen LogP contribution is -2.43. The molecule has 30 heavy (non-hydrogen) atoms. The van der Waals surface area contributed by atoms with E-state index in [1.165, 1.54) is 0 Å². The molecule has 156 valence electrons. The molecule has 3 aromatic rings. The number of fused-ring (bicyclic) bond motifs is 1. The first kappa shape index (κ1) is 20.1. The van der Waals surface area contributed by atoms with E-state index in [1.807, 2.05) is 61.2 Å². The average molecular weight is 405 g/mol. The molecule has 1 aromatic heterocycles. The first-order chi connectivity index (χ1) is 14.4. The van der Waals surface area contributed by atoms with Gasteiger partial charge in [-0.3, -0.25) is 14.3 Å². The van der Waals surface area contributed by atoms with Gasteiger partial charge in [-0.05, 0) is 61.7 Å². The Balaban J connectivity index is 1.47. The van der Waals surface area contributed by atoms with Crippen LogP contribution in [0.2, 0.25) is 0 Å². The fourth-order valence-electron chi connectivity index (χ4n) is 4.22. The Bertz CT molecular complexity index is 1100. The van der Waals surface area contributed by atoms with Crippen LogP contribution >= 0.6 is 0 Å². The van der Waals surface area contributed by atoms with Crippen molar-refractivity contribution in [2.24, 2.45) is 5.92 Å². The molecule has 1 saturated heterocycles. The molecule has 0 bridgehead atoms. The second-order valence-electron chi connectivity index (χ2n) is 8.06. The zero-order chi connectivity index (χ0) is 21.3. The topological polar surface area (TPSA) is 64.4 Å². The van der Waals surface area contributed by atoms with Crippen molar-refractivity contribution in [2.75, 3.05) is 20.2 Å². The maximum absolute atomic E-state index is 13.2. The lowest BCUT2D eigenvalue weighted by atomic mass is 9.89. The van der Waals surface area contributed by atoms with Gasteiger partial charge in [0.05, 0.1) is 12.8 Å². The molecule has 6 nitrogen and oxygen atoms in total. The van der Waals surface area contributed by atoms with Gasteiger partial charge >= 0.3 is 0 Å². The second kappa shape index (κ2) is 8.30. The molecule has 2 heterocycles. The van der Waals surface area contributed by atoms with Crippen molar-refractivity contribution in [1.82, 2.24) is 14.7 Å². The highest BCUT2D eigenvalue weighted by molar-refractivity contribution is 6.01. The highest BCUT2D eigenvalue weighted by Crippen LogP contribution is 2.26. The van der Waals surface area contributed by atoms with Gasteiger partial charge in [0.2, 0.25) is 5.91 Å². The number of rotatable bonds is 5. The van der Waals surface area contributed by atoms with Gasteiger partial charge in [-0.15, -0.1) is 0 Å². The van der Waals surface area contributed by atoms with Crippen molar-refractivity contribution in [3.05, 3.63) is 59.4 Å². The van der Waals surface area contributed by atoms with E-state index >= 15 is 0 Å². The van der Waals surface area contributed by atoms with E-state index in [-0.39, 0.29) is 24.2 Å². The van der Waals surface area contributed by atoms with Gasteiger partial charge in [-0.2, -0.15) is 5.10 Å². The van der Waals surface area contributed by atoms with Gasteiger partial charge in [0.25, 0.3) is 0 Å². The van der Waals surface area contributed by atoms with Crippen molar-refractivity contribution >= 4 is 22.5 Å². The number of hydrogen-bond donors (Lipinski definition) is 0. The van der Waals surface area contributed by atoms with Crippen LogP contribution in [0.3, 0.4) is 0 Å². The fourth-order valence-corrected chi connectivity index (χ4v) is 4.22. The number of amides is 1. The molecule has 0 saturated carbocycles. The second-order valence-corrected chi connectivity index (χ2v) is 8.06. The van der Waals surface area contributed by atoms with E-state index in [4.69, 9.17) is 4.74 Å². The van der Waals surface area contributed by atoms with Crippen molar-refractivity contribution in [3.63, 3.8) is 0 Å². The molecule has 0 N–H and O–H groups in total. The van der Waals surface area contributed by atoms with Crippen LogP contribution in [0.25, 0.3) is 10.8 Å². The molecular weight excluding hydrogens is 378 g/mol. The number of benzene rings is 2. The summed E-state index contributed by atoms with van der Waals surface area (Å²) in [5.41, 5.74) is 2.57. The van der Waals surface area contributed by atoms with E-state index in [1.54, 1.807) is 11.8 Å².